The molecule has 8 atom stereocenters. The van der Waals surface area contributed by atoms with Gasteiger partial charge in [0.25, 0.3) is 0 Å². The van der Waals surface area contributed by atoms with Gasteiger partial charge < -0.3 is 4.74 Å². The van der Waals surface area contributed by atoms with Gasteiger partial charge in [-0.05, 0) is 81.5 Å². The van der Waals surface area contributed by atoms with Crippen molar-refractivity contribution < 1.29 is 9.53 Å². The molecule has 5 rings (SSSR count). The summed E-state index contributed by atoms with van der Waals surface area (Å²) in [7, 11) is 0. The molecule has 2 heteroatoms. The Labute approximate surface area is 128 Å². The van der Waals surface area contributed by atoms with Crippen molar-refractivity contribution in [2.45, 2.75) is 70.3 Å². The van der Waals surface area contributed by atoms with Crippen molar-refractivity contribution in [2.75, 3.05) is 0 Å². The minimum absolute atomic E-state index is 0.116. The molecule has 0 heterocycles. The summed E-state index contributed by atoms with van der Waals surface area (Å²) in [6.45, 7) is 2.26. The summed E-state index contributed by atoms with van der Waals surface area (Å²) in [6.07, 6.45) is 11.8. The number of ether oxygens (including phenoxy) is 1. The molecule has 2 nitrogen and oxygen atoms in total. The van der Waals surface area contributed by atoms with E-state index in [4.69, 9.17) is 4.74 Å². The highest BCUT2D eigenvalue weighted by Crippen LogP contribution is 2.63. The summed E-state index contributed by atoms with van der Waals surface area (Å²) in [6, 6.07) is 0. The fraction of sp³-hybridized carbons (Fsp3) is 0.947. The van der Waals surface area contributed by atoms with Gasteiger partial charge in [0.1, 0.15) is 5.60 Å². The second kappa shape index (κ2) is 4.26. The summed E-state index contributed by atoms with van der Waals surface area (Å²) in [4.78, 5) is 12.7. The molecule has 4 bridgehead atoms. The van der Waals surface area contributed by atoms with Gasteiger partial charge in [-0.15, -0.1) is 0 Å². The Morgan fingerprint density at radius 1 is 1.00 bits per heavy atom. The minimum atomic E-state index is -0.116. The van der Waals surface area contributed by atoms with E-state index in [1.807, 2.05) is 0 Å². The molecule has 0 saturated heterocycles. The molecule has 0 N–H and O–H groups in total. The van der Waals surface area contributed by atoms with Crippen molar-refractivity contribution in [1.82, 2.24) is 0 Å². The third-order valence-corrected chi connectivity index (χ3v) is 8.13. The number of hydrogen-bond donors (Lipinski definition) is 0. The van der Waals surface area contributed by atoms with Gasteiger partial charge in [-0.1, -0.05) is 12.8 Å². The molecule has 0 aliphatic heterocycles. The molecule has 5 saturated carbocycles. The highest BCUT2D eigenvalue weighted by molar-refractivity contribution is 5.74. The zero-order valence-electron chi connectivity index (χ0n) is 13.2. The molecule has 0 amide bonds. The third-order valence-electron chi connectivity index (χ3n) is 8.13. The third kappa shape index (κ3) is 1.74. The number of carbonyl (C=O) groups excluding carboxylic acids is 1. The fourth-order valence-corrected chi connectivity index (χ4v) is 7.34. The first-order valence-electron chi connectivity index (χ1n) is 9.37. The Morgan fingerprint density at radius 2 is 1.86 bits per heavy atom. The van der Waals surface area contributed by atoms with Gasteiger partial charge in [0.2, 0.25) is 0 Å². The highest BCUT2D eigenvalue weighted by Gasteiger charge is 2.61. The average Bonchev–Trinajstić information content (AvgIpc) is 3.22. The van der Waals surface area contributed by atoms with Crippen molar-refractivity contribution in [2.24, 2.45) is 41.4 Å². The number of fused-ring (bicyclic) bond motifs is 7. The molecule has 8 unspecified atom stereocenters. The van der Waals surface area contributed by atoms with Gasteiger partial charge in [-0.2, -0.15) is 0 Å². The highest BCUT2D eigenvalue weighted by atomic mass is 16.6. The first-order valence-corrected chi connectivity index (χ1v) is 9.37. The number of hydrogen-bond acceptors (Lipinski definition) is 2. The number of rotatable bonds is 2. The van der Waals surface area contributed by atoms with Crippen LogP contribution in [0.1, 0.15) is 64.7 Å². The summed E-state index contributed by atoms with van der Waals surface area (Å²) >= 11 is 0. The lowest BCUT2D eigenvalue weighted by atomic mass is 9.73. The van der Waals surface area contributed by atoms with Crippen LogP contribution in [0, 0.1) is 41.4 Å². The molecule has 116 valence electrons. The van der Waals surface area contributed by atoms with Gasteiger partial charge in [0.05, 0.1) is 5.92 Å². The lowest BCUT2D eigenvalue weighted by Crippen LogP contribution is -2.44. The van der Waals surface area contributed by atoms with Crippen molar-refractivity contribution >= 4 is 5.97 Å². The monoisotopic (exact) mass is 288 g/mol. The zero-order valence-corrected chi connectivity index (χ0v) is 13.2. The predicted molar refractivity (Wildman–Crippen MR) is 80.5 cm³/mol. The van der Waals surface area contributed by atoms with Crippen molar-refractivity contribution in [3.8, 4) is 0 Å². The largest absolute Gasteiger partial charge is 0.459 e. The molecule has 0 spiro atoms. The summed E-state index contributed by atoms with van der Waals surface area (Å²) in [5, 5.41) is 0. The standard InChI is InChI=1S/C19H28O2/c1-19(10-13-9-17(19)15-4-2-3-14(13)15)21-18(20)16-8-11-5-6-12(16)7-11/h11-17H,2-10H2,1H3. The van der Waals surface area contributed by atoms with Crippen LogP contribution < -0.4 is 0 Å². The first-order chi connectivity index (χ1) is 10.1. The van der Waals surface area contributed by atoms with Crippen LogP contribution in [0.3, 0.4) is 0 Å². The molecule has 0 aromatic carbocycles. The van der Waals surface area contributed by atoms with Crippen LogP contribution in [0.25, 0.3) is 0 Å². The van der Waals surface area contributed by atoms with Crippen molar-refractivity contribution in [3.63, 3.8) is 0 Å². The molecule has 5 aliphatic rings. The van der Waals surface area contributed by atoms with E-state index in [0.29, 0.717) is 11.8 Å². The Bertz CT molecular complexity index is 472. The summed E-state index contributed by atoms with van der Waals surface area (Å²) in [5.74, 6) is 5.30. The van der Waals surface area contributed by atoms with Crippen molar-refractivity contribution in [3.05, 3.63) is 0 Å². The van der Waals surface area contributed by atoms with E-state index in [0.717, 1.165) is 36.5 Å². The quantitative estimate of drug-likeness (QED) is 0.712. The summed E-state index contributed by atoms with van der Waals surface area (Å²) < 4.78 is 6.24. The van der Waals surface area contributed by atoms with Crippen LogP contribution in [0.4, 0.5) is 0 Å². The minimum Gasteiger partial charge on any atom is -0.459 e. The summed E-state index contributed by atoms with van der Waals surface area (Å²) in [5.41, 5.74) is -0.116. The molecular weight excluding hydrogens is 260 g/mol. The van der Waals surface area contributed by atoms with Gasteiger partial charge in [-0.25, -0.2) is 0 Å². The topological polar surface area (TPSA) is 26.3 Å². The van der Waals surface area contributed by atoms with E-state index >= 15 is 0 Å². The van der Waals surface area contributed by atoms with E-state index in [1.165, 1.54) is 44.9 Å². The molecule has 0 aromatic heterocycles. The van der Waals surface area contributed by atoms with Crippen LogP contribution >= 0.6 is 0 Å². The predicted octanol–water partition coefficient (Wildman–Crippen LogP) is 4.18. The van der Waals surface area contributed by atoms with Crippen LogP contribution in [0.5, 0.6) is 0 Å². The van der Waals surface area contributed by atoms with Crippen LogP contribution in [-0.2, 0) is 9.53 Å². The van der Waals surface area contributed by atoms with E-state index in [1.54, 1.807) is 0 Å². The molecule has 21 heavy (non-hydrogen) atoms. The second-order valence-corrected chi connectivity index (χ2v) is 9.08. The Hall–Kier alpha value is -0.530. The van der Waals surface area contributed by atoms with E-state index in [9.17, 15) is 4.79 Å². The Kier molecular flexibility index (Phi) is 2.63. The SMILES string of the molecule is CC1(OC(=O)C2CC3CCC2C3)CC2CC1C1CCCC21. The van der Waals surface area contributed by atoms with Gasteiger partial charge in [0.15, 0.2) is 0 Å². The molecule has 5 aliphatic carbocycles. The first kappa shape index (κ1) is 13.0. The van der Waals surface area contributed by atoms with Crippen LogP contribution in [0.2, 0.25) is 0 Å². The van der Waals surface area contributed by atoms with Gasteiger partial charge in [-0.3, -0.25) is 4.79 Å². The maximum Gasteiger partial charge on any atom is 0.309 e. The smallest absolute Gasteiger partial charge is 0.309 e. The van der Waals surface area contributed by atoms with Crippen LogP contribution in [0.15, 0.2) is 0 Å². The molecule has 0 aromatic rings. The number of carbonyl (C=O) groups is 1. The normalized spacial score (nSPS) is 56.9. The van der Waals surface area contributed by atoms with E-state index < -0.39 is 0 Å². The van der Waals surface area contributed by atoms with E-state index in [-0.39, 0.29) is 17.5 Å². The maximum absolute atomic E-state index is 12.7. The van der Waals surface area contributed by atoms with E-state index in [2.05, 4.69) is 6.92 Å². The maximum atomic E-state index is 12.7. The Balaban J connectivity index is 1.31. The van der Waals surface area contributed by atoms with Crippen molar-refractivity contribution in [1.29, 1.82) is 0 Å². The molecular formula is C19H28O2. The average molecular weight is 288 g/mol. The molecule has 0 radical (unpaired) electrons. The number of esters is 1. The van der Waals surface area contributed by atoms with Gasteiger partial charge >= 0.3 is 5.97 Å². The lowest BCUT2D eigenvalue weighted by molar-refractivity contribution is -0.173. The second-order valence-electron chi connectivity index (χ2n) is 9.08. The zero-order chi connectivity index (χ0) is 14.2. The molecule has 5 fully saturated rings. The van der Waals surface area contributed by atoms with Gasteiger partial charge in [0, 0.05) is 5.92 Å². The Morgan fingerprint density at radius 3 is 2.62 bits per heavy atom. The fourth-order valence-electron chi connectivity index (χ4n) is 7.34. The lowest BCUT2D eigenvalue weighted by Gasteiger charge is -2.40. The van der Waals surface area contributed by atoms with Crippen LogP contribution in [-0.4, -0.2) is 11.6 Å².